The number of ether oxygens (including phenoxy) is 1. The van der Waals surface area contributed by atoms with Crippen LogP contribution in [0.3, 0.4) is 0 Å². The molecule has 34 heavy (non-hydrogen) atoms. The van der Waals surface area contributed by atoms with Crippen LogP contribution in [0.4, 0.5) is 0 Å². The lowest BCUT2D eigenvalue weighted by Crippen LogP contribution is -2.35. The van der Waals surface area contributed by atoms with Crippen molar-refractivity contribution >= 4 is 38.4 Å². The zero-order chi connectivity index (χ0) is 24.3. The third-order valence-corrected chi connectivity index (χ3v) is 8.10. The minimum Gasteiger partial charge on any atom is -0.383 e. The Kier molecular flexibility index (Phi) is 7.32. The molecule has 1 aliphatic rings. The number of aromatic nitrogens is 2. The molecule has 0 atom stereocenters. The van der Waals surface area contributed by atoms with Gasteiger partial charge in [-0.3, -0.25) is 9.59 Å². The predicted octanol–water partition coefficient (Wildman–Crippen LogP) is 2.65. The predicted molar refractivity (Wildman–Crippen MR) is 128 cm³/mol. The van der Waals surface area contributed by atoms with Gasteiger partial charge in [0.1, 0.15) is 10.7 Å². The minimum atomic E-state index is -3.81. The van der Waals surface area contributed by atoms with E-state index in [0.29, 0.717) is 29.8 Å². The fourth-order valence-corrected chi connectivity index (χ4v) is 5.95. The number of rotatable bonds is 8. The Balaban J connectivity index is 1.66. The van der Waals surface area contributed by atoms with E-state index in [4.69, 9.17) is 16.3 Å². The molecule has 2 aromatic carbocycles. The van der Waals surface area contributed by atoms with Crippen LogP contribution >= 0.6 is 11.6 Å². The highest BCUT2D eigenvalue weighted by Crippen LogP contribution is 2.28. The van der Waals surface area contributed by atoms with Gasteiger partial charge in [-0.2, -0.15) is 4.31 Å². The average molecular weight is 505 g/mol. The van der Waals surface area contributed by atoms with Gasteiger partial charge in [-0.15, -0.1) is 0 Å². The molecular weight excluding hydrogens is 480 g/mol. The van der Waals surface area contributed by atoms with Crippen molar-refractivity contribution in [1.29, 1.82) is 0 Å². The summed E-state index contributed by atoms with van der Waals surface area (Å²) in [6, 6.07) is 11.2. The van der Waals surface area contributed by atoms with Crippen LogP contribution in [0, 0.1) is 0 Å². The highest BCUT2D eigenvalue weighted by molar-refractivity contribution is 7.89. The largest absolute Gasteiger partial charge is 0.383 e. The van der Waals surface area contributed by atoms with Crippen molar-refractivity contribution in [2.24, 2.45) is 0 Å². The topological polar surface area (TPSA) is 113 Å². The Morgan fingerprint density at radius 1 is 1.21 bits per heavy atom. The van der Waals surface area contributed by atoms with Gasteiger partial charge in [-0.05, 0) is 43.2 Å². The van der Waals surface area contributed by atoms with Crippen molar-refractivity contribution in [3.8, 4) is 0 Å². The summed E-state index contributed by atoms with van der Waals surface area (Å²) < 4.78 is 32.7. The van der Waals surface area contributed by atoms with Crippen LogP contribution in [-0.4, -0.2) is 66.8 Å². The van der Waals surface area contributed by atoms with Crippen LogP contribution in [-0.2, 0) is 21.3 Å². The molecule has 180 valence electrons. The Morgan fingerprint density at radius 2 is 1.94 bits per heavy atom. The lowest BCUT2D eigenvalue weighted by Gasteiger charge is -2.23. The number of benzene rings is 2. The number of aromatic amines is 1. The monoisotopic (exact) mass is 504 g/mol. The van der Waals surface area contributed by atoms with Crippen LogP contribution < -0.4 is 5.56 Å². The van der Waals surface area contributed by atoms with Crippen LogP contribution in [0.5, 0.6) is 0 Å². The molecule has 1 saturated heterocycles. The van der Waals surface area contributed by atoms with E-state index in [9.17, 15) is 18.0 Å². The number of sulfonamides is 1. The summed E-state index contributed by atoms with van der Waals surface area (Å²) >= 11 is 6.23. The molecule has 4 rings (SSSR count). The average Bonchev–Trinajstić information content (AvgIpc) is 3.38. The van der Waals surface area contributed by atoms with Gasteiger partial charge in [0.15, 0.2) is 0 Å². The lowest BCUT2D eigenvalue weighted by molar-refractivity contribution is 0.0675. The van der Waals surface area contributed by atoms with Crippen LogP contribution in [0.15, 0.2) is 52.2 Å². The smallest absolute Gasteiger partial charge is 0.258 e. The Labute approximate surface area is 202 Å². The third-order valence-electron chi connectivity index (χ3n) is 5.72. The van der Waals surface area contributed by atoms with Gasteiger partial charge in [-0.25, -0.2) is 13.4 Å². The number of nitrogens with zero attached hydrogens (tertiary/aromatic N) is 3. The fraction of sp³-hybridized carbons (Fsp3) is 0.348. The number of nitrogens with one attached hydrogen (secondary N) is 1. The molecule has 3 aromatic rings. The van der Waals surface area contributed by atoms with Gasteiger partial charge < -0.3 is 14.6 Å². The number of hydrogen-bond acceptors (Lipinski definition) is 6. The second-order valence-electron chi connectivity index (χ2n) is 8.01. The van der Waals surface area contributed by atoms with E-state index < -0.39 is 15.9 Å². The van der Waals surface area contributed by atoms with E-state index >= 15 is 0 Å². The standard InChI is InChI=1S/C23H25ClN4O5S/c1-33-13-12-27(15-21-25-19-7-3-2-6-17(19)22(29)26-21)23(30)16-8-9-18(24)20(14-16)34(31,32)28-10-4-5-11-28/h2-3,6-9,14H,4-5,10-13,15H2,1H3,(H,25,26,29). The third kappa shape index (κ3) is 5.00. The summed E-state index contributed by atoms with van der Waals surface area (Å²) in [4.78, 5) is 34.4. The molecule has 0 radical (unpaired) electrons. The van der Waals surface area contributed by atoms with E-state index in [2.05, 4.69) is 9.97 Å². The SMILES string of the molecule is COCCN(Cc1nc2ccccc2c(=O)[nH]1)C(=O)c1ccc(Cl)c(S(=O)(=O)N2CCCC2)c1. The van der Waals surface area contributed by atoms with E-state index in [1.807, 2.05) is 0 Å². The van der Waals surface area contributed by atoms with Crippen molar-refractivity contribution in [2.45, 2.75) is 24.3 Å². The van der Waals surface area contributed by atoms with Gasteiger partial charge >= 0.3 is 0 Å². The van der Waals surface area contributed by atoms with Gasteiger partial charge in [0, 0.05) is 32.3 Å². The number of H-pyrrole nitrogens is 1. The number of fused-ring (bicyclic) bond motifs is 1. The molecule has 0 saturated carbocycles. The summed E-state index contributed by atoms with van der Waals surface area (Å²) in [6.07, 6.45) is 1.58. The molecule has 2 heterocycles. The molecule has 0 aliphatic carbocycles. The van der Waals surface area contributed by atoms with Gasteiger partial charge in [-0.1, -0.05) is 23.7 Å². The molecule has 0 unspecified atom stereocenters. The van der Waals surface area contributed by atoms with Crippen molar-refractivity contribution in [1.82, 2.24) is 19.2 Å². The first-order valence-electron chi connectivity index (χ1n) is 10.9. The first kappa shape index (κ1) is 24.3. The van der Waals surface area contributed by atoms with E-state index in [1.165, 1.54) is 34.5 Å². The maximum Gasteiger partial charge on any atom is 0.258 e. The number of carbonyl (C=O) groups excluding carboxylic acids is 1. The molecule has 0 spiro atoms. The van der Waals surface area contributed by atoms with Crippen LogP contribution in [0.2, 0.25) is 5.02 Å². The maximum absolute atomic E-state index is 13.4. The molecule has 1 amide bonds. The quantitative estimate of drug-likeness (QED) is 0.504. The van der Waals surface area contributed by atoms with Crippen molar-refractivity contribution < 1.29 is 17.9 Å². The maximum atomic E-state index is 13.4. The minimum absolute atomic E-state index is 0.0130. The number of halogens is 1. The highest BCUT2D eigenvalue weighted by atomic mass is 35.5. The number of hydrogen-bond donors (Lipinski definition) is 1. The summed E-state index contributed by atoms with van der Waals surface area (Å²) in [6.45, 7) is 1.33. The molecule has 1 aromatic heterocycles. The summed E-state index contributed by atoms with van der Waals surface area (Å²) in [7, 11) is -2.30. The van der Waals surface area contributed by atoms with Crippen molar-refractivity contribution in [3.05, 3.63) is 69.2 Å². The molecule has 1 fully saturated rings. The summed E-state index contributed by atoms with van der Waals surface area (Å²) in [5, 5.41) is 0.517. The summed E-state index contributed by atoms with van der Waals surface area (Å²) in [5.74, 6) is -0.116. The first-order valence-corrected chi connectivity index (χ1v) is 12.7. The number of amides is 1. The number of methoxy groups -OCH3 is 1. The Morgan fingerprint density at radius 3 is 2.68 bits per heavy atom. The van der Waals surface area contributed by atoms with Gasteiger partial charge in [0.25, 0.3) is 11.5 Å². The lowest BCUT2D eigenvalue weighted by atomic mass is 10.2. The zero-order valence-corrected chi connectivity index (χ0v) is 20.2. The molecule has 11 heteroatoms. The van der Waals surface area contributed by atoms with E-state index in [0.717, 1.165) is 12.8 Å². The van der Waals surface area contributed by atoms with Crippen LogP contribution in [0.1, 0.15) is 29.0 Å². The van der Waals surface area contributed by atoms with Crippen LogP contribution in [0.25, 0.3) is 10.9 Å². The summed E-state index contributed by atoms with van der Waals surface area (Å²) in [5.41, 5.74) is 0.387. The number of para-hydroxylation sites is 1. The Bertz CT molecular complexity index is 1370. The van der Waals surface area contributed by atoms with E-state index in [-0.39, 0.29) is 40.7 Å². The second-order valence-corrected chi connectivity index (χ2v) is 10.3. The van der Waals surface area contributed by atoms with Crippen molar-refractivity contribution in [3.63, 3.8) is 0 Å². The molecule has 1 aliphatic heterocycles. The molecule has 0 bridgehead atoms. The fourth-order valence-electron chi connectivity index (χ4n) is 3.93. The van der Waals surface area contributed by atoms with Crippen molar-refractivity contribution in [2.75, 3.05) is 33.4 Å². The normalized spacial score (nSPS) is 14.5. The number of carbonyl (C=O) groups is 1. The highest BCUT2D eigenvalue weighted by Gasteiger charge is 2.30. The zero-order valence-electron chi connectivity index (χ0n) is 18.7. The molecule has 9 nitrogen and oxygen atoms in total. The van der Waals surface area contributed by atoms with E-state index in [1.54, 1.807) is 24.3 Å². The Hall–Kier alpha value is -2.79. The second kappa shape index (κ2) is 10.2. The molecule has 1 N–H and O–H groups in total. The first-order chi connectivity index (χ1) is 16.3. The van der Waals surface area contributed by atoms with Gasteiger partial charge in [0.2, 0.25) is 10.0 Å². The van der Waals surface area contributed by atoms with Gasteiger partial charge in [0.05, 0.1) is 29.1 Å². The molecular formula is C23H25ClN4O5S.